The monoisotopic (exact) mass is 681 g/mol. The van der Waals surface area contributed by atoms with Crippen LogP contribution in [0.3, 0.4) is 0 Å². The van der Waals surface area contributed by atoms with Crippen molar-refractivity contribution in [3.8, 4) is 5.75 Å². The SMILES string of the molecule is CCCCNC(=O)[C@@H](Cc1ccccc1)N(Cc1cccc(OC)c1)C(=O)CN(c1ccc(Cl)cc1Cl)S(=O)(=O)c1ccccc1. The number of sulfonamides is 1. The minimum atomic E-state index is -4.29. The van der Waals surface area contributed by atoms with E-state index in [4.69, 9.17) is 27.9 Å². The van der Waals surface area contributed by atoms with Crippen molar-refractivity contribution < 1.29 is 22.7 Å². The van der Waals surface area contributed by atoms with Gasteiger partial charge in [-0.1, -0.05) is 97.2 Å². The van der Waals surface area contributed by atoms with E-state index in [9.17, 15) is 18.0 Å². The molecule has 242 valence electrons. The summed E-state index contributed by atoms with van der Waals surface area (Å²) in [5.41, 5.74) is 1.63. The Hall–Kier alpha value is -4.05. The fourth-order valence-electron chi connectivity index (χ4n) is 4.94. The molecule has 0 saturated carbocycles. The molecule has 0 heterocycles. The molecule has 2 amide bonds. The highest BCUT2D eigenvalue weighted by molar-refractivity contribution is 7.92. The van der Waals surface area contributed by atoms with Crippen molar-refractivity contribution in [1.82, 2.24) is 10.2 Å². The number of ether oxygens (including phenoxy) is 1. The van der Waals surface area contributed by atoms with Gasteiger partial charge in [-0.05, 0) is 60.0 Å². The molecule has 0 aliphatic rings. The lowest BCUT2D eigenvalue weighted by Crippen LogP contribution is -2.53. The van der Waals surface area contributed by atoms with E-state index in [-0.39, 0.29) is 34.5 Å². The van der Waals surface area contributed by atoms with Crippen molar-refractivity contribution in [3.05, 3.63) is 124 Å². The first kappa shape index (κ1) is 34.8. The number of rotatable bonds is 15. The van der Waals surface area contributed by atoms with Gasteiger partial charge in [-0.2, -0.15) is 0 Å². The van der Waals surface area contributed by atoms with E-state index in [1.165, 1.54) is 35.2 Å². The van der Waals surface area contributed by atoms with Crippen LogP contribution in [0, 0.1) is 0 Å². The van der Waals surface area contributed by atoms with Crippen molar-refractivity contribution in [2.24, 2.45) is 0 Å². The number of carbonyl (C=O) groups is 2. The Kier molecular flexibility index (Phi) is 12.5. The number of unbranched alkanes of at least 4 members (excludes halogenated alkanes) is 1. The summed E-state index contributed by atoms with van der Waals surface area (Å²) < 4.78 is 34.6. The Balaban J connectivity index is 1.81. The minimum absolute atomic E-state index is 0.0162. The second-order valence-corrected chi connectivity index (χ2v) is 13.3. The van der Waals surface area contributed by atoms with Gasteiger partial charge in [-0.25, -0.2) is 8.42 Å². The van der Waals surface area contributed by atoms with Gasteiger partial charge in [0.1, 0.15) is 18.3 Å². The maximum absolute atomic E-state index is 14.5. The lowest BCUT2D eigenvalue weighted by molar-refractivity contribution is -0.140. The number of carbonyl (C=O) groups excluding carboxylic acids is 2. The highest BCUT2D eigenvalue weighted by atomic mass is 35.5. The molecule has 0 aliphatic heterocycles. The van der Waals surface area contributed by atoms with Crippen molar-refractivity contribution in [3.63, 3.8) is 0 Å². The van der Waals surface area contributed by atoms with Gasteiger partial charge in [0.2, 0.25) is 11.8 Å². The molecule has 11 heteroatoms. The van der Waals surface area contributed by atoms with Crippen LogP contribution < -0.4 is 14.4 Å². The van der Waals surface area contributed by atoms with Crippen LogP contribution in [0.1, 0.15) is 30.9 Å². The van der Waals surface area contributed by atoms with Gasteiger partial charge in [-0.3, -0.25) is 13.9 Å². The quantitative estimate of drug-likeness (QED) is 0.140. The molecule has 0 saturated heterocycles. The Bertz CT molecular complexity index is 1720. The van der Waals surface area contributed by atoms with E-state index in [2.05, 4.69) is 5.32 Å². The van der Waals surface area contributed by atoms with E-state index < -0.39 is 28.5 Å². The maximum atomic E-state index is 14.5. The number of methoxy groups -OCH3 is 1. The van der Waals surface area contributed by atoms with Crippen molar-refractivity contribution in [1.29, 1.82) is 0 Å². The third kappa shape index (κ3) is 9.02. The van der Waals surface area contributed by atoms with Crippen LogP contribution in [0.25, 0.3) is 0 Å². The number of nitrogens with zero attached hydrogens (tertiary/aromatic N) is 2. The molecule has 0 spiro atoms. The molecule has 8 nitrogen and oxygen atoms in total. The topological polar surface area (TPSA) is 96.0 Å². The van der Waals surface area contributed by atoms with E-state index >= 15 is 0 Å². The van der Waals surface area contributed by atoms with Crippen molar-refractivity contribution >= 4 is 50.7 Å². The van der Waals surface area contributed by atoms with Crippen LogP contribution in [-0.2, 0) is 32.6 Å². The van der Waals surface area contributed by atoms with Crippen LogP contribution in [-0.4, -0.2) is 51.4 Å². The lowest BCUT2D eigenvalue weighted by Gasteiger charge is -2.34. The molecule has 46 heavy (non-hydrogen) atoms. The van der Waals surface area contributed by atoms with Gasteiger partial charge in [0.15, 0.2) is 0 Å². The Morgan fingerprint density at radius 2 is 1.54 bits per heavy atom. The standard InChI is InChI=1S/C35H37Cl2N3O5S/c1-3-4-20-38-35(42)33(22-26-12-7-5-8-13-26)39(24-27-14-11-15-29(21-27)45-2)34(41)25-40(32-19-18-28(36)23-31(32)37)46(43,44)30-16-9-6-10-17-30/h5-19,21,23,33H,3-4,20,22,24-25H2,1-2H3,(H,38,42)/t33-/m1/s1. The molecular weight excluding hydrogens is 645 g/mol. The normalized spacial score (nSPS) is 11.8. The van der Waals surface area contributed by atoms with Crippen molar-refractivity contribution in [2.45, 2.75) is 43.7 Å². The average Bonchev–Trinajstić information content (AvgIpc) is 3.06. The van der Waals surface area contributed by atoms with Gasteiger partial charge in [0, 0.05) is 24.5 Å². The highest BCUT2D eigenvalue weighted by Crippen LogP contribution is 2.33. The largest absolute Gasteiger partial charge is 0.497 e. The zero-order valence-electron chi connectivity index (χ0n) is 25.7. The summed E-state index contributed by atoms with van der Waals surface area (Å²) in [5.74, 6) is -0.353. The zero-order valence-corrected chi connectivity index (χ0v) is 28.1. The van der Waals surface area contributed by atoms with Gasteiger partial charge < -0.3 is 15.0 Å². The summed E-state index contributed by atoms with van der Waals surface area (Å²) in [4.78, 5) is 29.8. The van der Waals surface area contributed by atoms with Crippen LogP contribution >= 0.6 is 23.2 Å². The molecular formula is C35H37Cl2N3O5S. The Labute approximate surface area is 280 Å². The number of hydrogen-bond acceptors (Lipinski definition) is 5. The third-order valence-corrected chi connectivity index (χ3v) is 9.69. The van der Waals surface area contributed by atoms with E-state index in [1.807, 2.05) is 43.3 Å². The predicted molar refractivity (Wildman–Crippen MR) is 183 cm³/mol. The second-order valence-electron chi connectivity index (χ2n) is 10.6. The number of benzene rings is 4. The van der Waals surface area contributed by atoms with Crippen LogP contribution in [0.2, 0.25) is 10.0 Å². The first-order valence-corrected chi connectivity index (χ1v) is 17.1. The Morgan fingerprint density at radius 1 is 0.870 bits per heavy atom. The maximum Gasteiger partial charge on any atom is 0.264 e. The third-order valence-electron chi connectivity index (χ3n) is 7.38. The van der Waals surface area contributed by atoms with E-state index in [0.717, 1.165) is 22.7 Å². The summed E-state index contributed by atoms with van der Waals surface area (Å²) in [7, 11) is -2.74. The van der Waals surface area contributed by atoms with Crippen LogP contribution in [0.5, 0.6) is 5.75 Å². The Morgan fingerprint density at radius 3 is 2.20 bits per heavy atom. The molecule has 4 aromatic rings. The molecule has 0 bridgehead atoms. The first-order valence-electron chi connectivity index (χ1n) is 14.9. The first-order chi connectivity index (χ1) is 22.1. The number of amides is 2. The van der Waals surface area contributed by atoms with Gasteiger partial charge in [0.05, 0.1) is 22.7 Å². The summed E-state index contributed by atoms with van der Waals surface area (Å²) in [6.07, 6.45) is 1.86. The summed E-state index contributed by atoms with van der Waals surface area (Å²) in [5, 5.41) is 3.34. The smallest absolute Gasteiger partial charge is 0.264 e. The fourth-order valence-corrected chi connectivity index (χ4v) is 6.96. The predicted octanol–water partition coefficient (Wildman–Crippen LogP) is 6.75. The second kappa shape index (κ2) is 16.5. The minimum Gasteiger partial charge on any atom is -0.497 e. The zero-order chi connectivity index (χ0) is 33.1. The molecule has 4 aromatic carbocycles. The number of nitrogens with one attached hydrogen (secondary N) is 1. The molecule has 0 aromatic heterocycles. The van der Waals surface area contributed by atoms with Gasteiger partial charge >= 0.3 is 0 Å². The van der Waals surface area contributed by atoms with Gasteiger partial charge in [0.25, 0.3) is 10.0 Å². The molecule has 0 fully saturated rings. The van der Waals surface area contributed by atoms with Crippen LogP contribution in [0.4, 0.5) is 5.69 Å². The van der Waals surface area contributed by atoms with Gasteiger partial charge in [-0.15, -0.1) is 0 Å². The molecule has 1 N–H and O–H groups in total. The number of anilines is 1. The number of halogens is 2. The molecule has 0 radical (unpaired) electrons. The summed E-state index contributed by atoms with van der Waals surface area (Å²) in [6.45, 7) is 1.85. The summed E-state index contributed by atoms with van der Waals surface area (Å²) in [6, 6.07) is 27.8. The fraction of sp³-hybridized carbons (Fsp3) is 0.257. The number of hydrogen-bond donors (Lipinski definition) is 1. The van der Waals surface area contributed by atoms with E-state index in [1.54, 1.807) is 43.5 Å². The van der Waals surface area contributed by atoms with E-state index in [0.29, 0.717) is 22.9 Å². The molecule has 4 rings (SSSR count). The van der Waals surface area contributed by atoms with Crippen molar-refractivity contribution in [2.75, 3.05) is 24.5 Å². The molecule has 1 atom stereocenters. The molecule has 0 unspecified atom stereocenters. The highest BCUT2D eigenvalue weighted by Gasteiger charge is 2.35. The lowest BCUT2D eigenvalue weighted by atomic mass is 10.0. The summed E-state index contributed by atoms with van der Waals surface area (Å²) >= 11 is 12.7. The average molecular weight is 683 g/mol. The molecule has 0 aliphatic carbocycles. The van der Waals surface area contributed by atoms with Crippen LogP contribution in [0.15, 0.2) is 108 Å².